The standard InChI is InChI=1S/C14H13NO5S/c16-14(17)10-21(18,19)15-12-8-4-5-9-13(12)20-11-6-2-1-3-7-11/h1-9,15H,10H2,(H,16,17). The summed E-state index contributed by atoms with van der Waals surface area (Å²) in [6.45, 7) is 0. The Morgan fingerprint density at radius 1 is 1.05 bits per heavy atom. The van der Waals surface area contributed by atoms with Gasteiger partial charge in [-0.05, 0) is 24.3 Å². The summed E-state index contributed by atoms with van der Waals surface area (Å²) in [6, 6.07) is 15.2. The van der Waals surface area contributed by atoms with E-state index in [-0.39, 0.29) is 11.4 Å². The molecule has 0 saturated heterocycles. The lowest BCUT2D eigenvalue weighted by Gasteiger charge is -2.12. The molecule has 0 atom stereocenters. The molecule has 0 fully saturated rings. The van der Waals surface area contributed by atoms with E-state index in [0.717, 1.165) is 0 Å². The molecule has 6 nitrogen and oxygen atoms in total. The predicted molar refractivity (Wildman–Crippen MR) is 78.0 cm³/mol. The van der Waals surface area contributed by atoms with Crippen molar-refractivity contribution in [3.63, 3.8) is 0 Å². The Morgan fingerprint density at radius 3 is 2.33 bits per heavy atom. The van der Waals surface area contributed by atoms with Crippen LogP contribution >= 0.6 is 0 Å². The maximum absolute atomic E-state index is 11.7. The average Bonchev–Trinajstić information content (AvgIpc) is 2.40. The summed E-state index contributed by atoms with van der Waals surface area (Å²) in [5, 5.41) is 8.58. The number of para-hydroxylation sites is 3. The number of ether oxygens (including phenoxy) is 1. The molecule has 0 aliphatic carbocycles. The first-order chi connectivity index (χ1) is 9.96. The molecule has 0 spiro atoms. The third-order valence-electron chi connectivity index (χ3n) is 2.44. The van der Waals surface area contributed by atoms with E-state index in [9.17, 15) is 13.2 Å². The van der Waals surface area contributed by atoms with Gasteiger partial charge < -0.3 is 9.84 Å². The fourth-order valence-corrected chi connectivity index (χ4v) is 2.52. The van der Waals surface area contributed by atoms with E-state index in [0.29, 0.717) is 5.75 Å². The third kappa shape index (κ3) is 4.50. The van der Waals surface area contributed by atoms with Crippen molar-refractivity contribution in [3.05, 3.63) is 54.6 Å². The van der Waals surface area contributed by atoms with Crippen LogP contribution in [0, 0.1) is 0 Å². The van der Waals surface area contributed by atoms with Gasteiger partial charge >= 0.3 is 5.97 Å². The van der Waals surface area contributed by atoms with E-state index >= 15 is 0 Å². The Labute approximate surface area is 122 Å². The number of rotatable bonds is 6. The maximum atomic E-state index is 11.7. The molecule has 0 aromatic heterocycles. The van der Waals surface area contributed by atoms with Crippen molar-refractivity contribution in [1.82, 2.24) is 0 Å². The van der Waals surface area contributed by atoms with Crippen LogP contribution < -0.4 is 9.46 Å². The Hall–Kier alpha value is -2.54. The molecule has 0 aliphatic heterocycles. The zero-order chi connectivity index (χ0) is 15.3. The van der Waals surface area contributed by atoms with Crippen molar-refractivity contribution in [3.8, 4) is 11.5 Å². The molecular formula is C14H13NO5S. The number of hydrogen-bond acceptors (Lipinski definition) is 4. The number of sulfonamides is 1. The van der Waals surface area contributed by atoms with Gasteiger partial charge in [-0.25, -0.2) is 8.42 Å². The summed E-state index contributed by atoms with van der Waals surface area (Å²) in [4.78, 5) is 10.5. The molecule has 21 heavy (non-hydrogen) atoms. The number of benzene rings is 2. The van der Waals surface area contributed by atoms with Gasteiger partial charge in [-0.2, -0.15) is 0 Å². The molecule has 2 rings (SSSR count). The van der Waals surface area contributed by atoms with E-state index in [1.54, 1.807) is 42.5 Å². The highest BCUT2D eigenvalue weighted by Gasteiger charge is 2.17. The first kappa shape index (κ1) is 14.9. The number of carboxylic acids is 1. The third-order valence-corrected chi connectivity index (χ3v) is 3.59. The monoisotopic (exact) mass is 307 g/mol. The van der Waals surface area contributed by atoms with Crippen LogP contribution in [0.2, 0.25) is 0 Å². The molecule has 2 aromatic carbocycles. The quantitative estimate of drug-likeness (QED) is 0.854. The molecule has 0 unspecified atom stereocenters. The smallest absolute Gasteiger partial charge is 0.320 e. The second-order valence-electron chi connectivity index (χ2n) is 4.17. The fourth-order valence-electron chi connectivity index (χ4n) is 1.62. The second kappa shape index (κ2) is 6.27. The molecular weight excluding hydrogens is 294 g/mol. The van der Waals surface area contributed by atoms with Crippen molar-refractivity contribution in [2.75, 3.05) is 10.5 Å². The van der Waals surface area contributed by atoms with Gasteiger partial charge in [0, 0.05) is 0 Å². The summed E-state index contributed by atoms with van der Waals surface area (Å²) >= 11 is 0. The molecule has 0 saturated carbocycles. The van der Waals surface area contributed by atoms with Crippen LogP contribution in [0.25, 0.3) is 0 Å². The summed E-state index contributed by atoms with van der Waals surface area (Å²) < 4.78 is 31.1. The zero-order valence-electron chi connectivity index (χ0n) is 10.9. The van der Waals surface area contributed by atoms with Crippen LogP contribution in [-0.4, -0.2) is 25.2 Å². The predicted octanol–water partition coefficient (Wildman–Crippen LogP) is 2.31. The Morgan fingerprint density at radius 2 is 1.67 bits per heavy atom. The second-order valence-corrected chi connectivity index (χ2v) is 5.89. The van der Waals surface area contributed by atoms with E-state index in [4.69, 9.17) is 9.84 Å². The number of nitrogens with one attached hydrogen (secondary N) is 1. The minimum absolute atomic E-state index is 0.183. The van der Waals surface area contributed by atoms with Crippen molar-refractivity contribution in [2.24, 2.45) is 0 Å². The van der Waals surface area contributed by atoms with Crippen LogP contribution in [0.15, 0.2) is 54.6 Å². The zero-order valence-corrected chi connectivity index (χ0v) is 11.7. The normalized spacial score (nSPS) is 10.9. The van der Waals surface area contributed by atoms with E-state index in [2.05, 4.69) is 4.72 Å². The first-order valence-corrected chi connectivity index (χ1v) is 7.66. The van der Waals surface area contributed by atoms with Gasteiger partial charge in [-0.15, -0.1) is 0 Å². The topological polar surface area (TPSA) is 92.7 Å². The van der Waals surface area contributed by atoms with Crippen molar-refractivity contribution >= 4 is 21.7 Å². The van der Waals surface area contributed by atoms with Crippen LogP contribution in [0.4, 0.5) is 5.69 Å². The van der Waals surface area contributed by atoms with Gasteiger partial charge in [-0.1, -0.05) is 30.3 Å². The molecule has 0 amide bonds. The van der Waals surface area contributed by atoms with Gasteiger partial charge in [-0.3, -0.25) is 9.52 Å². The van der Waals surface area contributed by atoms with E-state index < -0.39 is 21.7 Å². The molecule has 110 valence electrons. The first-order valence-electron chi connectivity index (χ1n) is 6.00. The largest absolute Gasteiger partial charge is 0.480 e. The Kier molecular flexibility index (Phi) is 4.44. The summed E-state index contributed by atoms with van der Waals surface area (Å²) in [6.07, 6.45) is 0. The van der Waals surface area contributed by atoms with E-state index in [1.807, 2.05) is 6.07 Å². The molecule has 7 heteroatoms. The molecule has 0 radical (unpaired) electrons. The van der Waals surface area contributed by atoms with Gasteiger partial charge in [0.15, 0.2) is 11.5 Å². The van der Waals surface area contributed by atoms with Gasteiger partial charge in [0.1, 0.15) is 5.75 Å². The van der Waals surface area contributed by atoms with Crippen LogP contribution in [0.3, 0.4) is 0 Å². The number of carboxylic acid groups (broad SMARTS) is 1. The molecule has 0 bridgehead atoms. The number of aliphatic carboxylic acids is 1. The number of anilines is 1. The molecule has 2 N–H and O–H groups in total. The average molecular weight is 307 g/mol. The van der Waals surface area contributed by atoms with Crippen LogP contribution in [0.5, 0.6) is 11.5 Å². The SMILES string of the molecule is O=C(O)CS(=O)(=O)Nc1ccccc1Oc1ccccc1. The van der Waals surface area contributed by atoms with Crippen molar-refractivity contribution in [2.45, 2.75) is 0 Å². The Balaban J connectivity index is 2.23. The lowest BCUT2D eigenvalue weighted by molar-refractivity contribution is -0.134. The minimum atomic E-state index is -3.98. The minimum Gasteiger partial charge on any atom is -0.480 e. The van der Waals surface area contributed by atoms with Crippen LogP contribution in [-0.2, 0) is 14.8 Å². The Bertz CT molecular complexity index is 728. The highest BCUT2D eigenvalue weighted by molar-refractivity contribution is 7.93. The number of carbonyl (C=O) groups is 1. The highest BCUT2D eigenvalue weighted by Crippen LogP contribution is 2.29. The van der Waals surface area contributed by atoms with Crippen molar-refractivity contribution in [1.29, 1.82) is 0 Å². The van der Waals surface area contributed by atoms with Gasteiger partial charge in [0.2, 0.25) is 10.0 Å². The molecule has 0 heterocycles. The van der Waals surface area contributed by atoms with Gasteiger partial charge in [0.25, 0.3) is 0 Å². The fraction of sp³-hybridized carbons (Fsp3) is 0.0714. The van der Waals surface area contributed by atoms with E-state index in [1.165, 1.54) is 6.07 Å². The molecule has 2 aromatic rings. The number of hydrogen-bond donors (Lipinski definition) is 2. The maximum Gasteiger partial charge on any atom is 0.320 e. The van der Waals surface area contributed by atoms with Gasteiger partial charge in [0.05, 0.1) is 5.69 Å². The summed E-state index contributed by atoms with van der Waals surface area (Å²) in [5.41, 5.74) is 0.183. The molecule has 0 aliphatic rings. The highest BCUT2D eigenvalue weighted by atomic mass is 32.2. The summed E-state index contributed by atoms with van der Waals surface area (Å²) in [5.74, 6) is -1.60. The van der Waals surface area contributed by atoms with Crippen molar-refractivity contribution < 1.29 is 23.1 Å². The lowest BCUT2D eigenvalue weighted by atomic mass is 10.3. The summed E-state index contributed by atoms with van der Waals surface area (Å²) in [7, 11) is -3.98. The van der Waals surface area contributed by atoms with Crippen LogP contribution in [0.1, 0.15) is 0 Å². The lowest BCUT2D eigenvalue weighted by Crippen LogP contribution is -2.22.